The third-order valence-electron chi connectivity index (χ3n) is 2.64. The molecule has 0 spiro atoms. The number of aromatic hydroxyl groups is 1. The molecule has 1 aromatic carbocycles. The second-order valence-electron chi connectivity index (χ2n) is 4.15. The number of aromatic nitrogens is 2. The van der Waals surface area contributed by atoms with Crippen molar-refractivity contribution in [3.63, 3.8) is 0 Å². The van der Waals surface area contributed by atoms with E-state index in [0.717, 1.165) is 5.69 Å². The van der Waals surface area contributed by atoms with Crippen molar-refractivity contribution < 1.29 is 9.50 Å². The van der Waals surface area contributed by atoms with E-state index in [0.29, 0.717) is 4.57 Å². The fourth-order valence-electron chi connectivity index (χ4n) is 1.65. The molecule has 0 fully saturated rings. The summed E-state index contributed by atoms with van der Waals surface area (Å²) >= 11 is 0. The van der Waals surface area contributed by atoms with Gasteiger partial charge < -0.3 is 10.0 Å². The van der Waals surface area contributed by atoms with Gasteiger partial charge in [-0.05, 0) is 18.2 Å². The Balaban J connectivity index is 2.73. The van der Waals surface area contributed by atoms with Crippen molar-refractivity contribution in [3.05, 3.63) is 50.9 Å². The molecule has 0 amide bonds. The normalized spacial score (nSPS) is 10.5. The van der Waals surface area contributed by atoms with Crippen LogP contribution in [-0.2, 0) is 0 Å². The zero-order chi connectivity index (χ0) is 14.2. The van der Waals surface area contributed by atoms with Crippen LogP contribution in [0.4, 0.5) is 10.1 Å². The first-order chi connectivity index (χ1) is 8.91. The van der Waals surface area contributed by atoms with Crippen LogP contribution in [0.15, 0.2) is 33.9 Å². The molecule has 0 bridgehead atoms. The van der Waals surface area contributed by atoms with Crippen LogP contribution in [0.1, 0.15) is 0 Å². The summed E-state index contributed by atoms with van der Waals surface area (Å²) in [5, 5.41) is 9.60. The van der Waals surface area contributed by atoms with E-state index in [4.69, 9.17) is 0 Å². The molecule has 1 heterocycles. The van der Waals surface area contributed by atoms with Crippen LogP contribution in [0.5, 0.6) is 5.88 Å². The molecular formula is C12H12FN3O3. The van der Waals surface area contributed by atoms with Crippen molar-refractivity contribution in [2.75, 3.05) is 19.0 Å². The fraction of sp³-hybridized carbons (Fsp3) is 0.167. The number of nitrogens with zero attached hydrogens (tertiary/aromatic N) is 2. The summed E-state index contributed by atoms with van der Waals surface area (Å²) in [6, 6.07) is 6.54. The summed E-state index contributed by atoms with van der Waals surface area (Å²) in [5.41, 5.74) is -1.14. The summed E-state index contributed by atoms with van der Waals surface area (Å²) in [7, 11) is 3.60. The highest BCUT2D eigenvalue weighted by atomic mass is 19.1. The number of hydrogen-bond donors (Lipinski definition) is 2. The van der Waals surface area contributed by atoms with Crippen LogP contribution < -0.4 is 16.1 Å². The van der Waals surface area contributed by atoms with Gasteiger partial charge in [0.2, 0.25) is 11.7 Å². The van der Waals surface area contributed by atoms with Gasteiger partial charge in [-0.15, -0.1) is 0 Å². The fourth-order valence-corrected chi connectivity index (χ4v) is 1.65. The molecule has 0 aliphatic rings. The van der Waals surface area contributed by atoms with Gasteiger partial charge in [0.15, 0.2) is 0 Å². The quantitative estimate of drug-likeness (QED) is 0.825. The number of rotatable bonds is 2. The number of anilines is 1. The molecule has 0 saturated carbocycles. The molecule has 0 saturated heterocycles. The maximum Gasteiger partial charge on any atom is 0.335 e. The molecule has 2 rings (SSSR count). The average molecular weight is 265 g/mol. The maximum atomic E-state index is 13.4. The molecule has 6 nitrogen and oxygen atoms in total. The summed E-state index contributed by atoms with van der Waals surface area (Å²) in [6.45, 7) is 0. The molecular weight excluding hydrogens is 253 g/mol. The topological polar surface area (TPSA) is 78.3 Å². The van der Waals surface area contributed by atoms with E-state index in [1.165, 1.54) is 6.07 Å². The van der Waals surface area contributed by atoms with Crippen LogP contribution in [0.25, 0.3) is 5.69 Å². The third kappa shape index (κ3) is 2.22. The lowest BCUT2D eigenvalue weighted by atomic mass is 10.2. The number of benzene rings is 1. The first-order valence-corrected chi connectivity index (χ1v) is 5.43. The van der Waals surface area contributed by atoms with Crippen molar-refractivity contribution in [2.45, 2.75) is 0 Å². The van der Waals surface area contributed by atoms with Gasteiger partial charge in [0.25, 0.3) is 5.56 Å². The lowest BCUT2D eigenvalue weighted by Gasteiger charge is -2.14. The minimum absolute atomic E-state index is 0.254. The van der Waals surface area contributed by atoms with Gasteiger partial charge in [-0.2, -0.15) is 4.39 Å². The predicted octanol–water partition coefficient (Wildman–Crippen LogP) is 0.436. The number of nitrogens with one attached hydrogen (secondary N) is 1. The van der Waals surface area contributed by atoms with Crippen molar-refractivity contribution in [1.82, 2.24) is 9.55 Å². The maximum absolute atomic E-state index is 13.4. The highest BCUT2D eigenvalue weighted by molar-refractivity contribution is 5.52. The van der Waals surface area contributed by atoms with Crippen LogP contribution >= 0.6 is 0 Å². The van der Waals surface area contributed by atoms with Gasteiger partial charge in [-0.25, -0.2) is 9.36 Å². The van der Waals surface area contributed by atoms with Gasteiger partial charge in [0, 0.05) is 19.8 Å². The van der Waals surface area contributed by atoms with Crippen LogP contribution in [-0.4, -0.2) is 28.8 Å². The van der Waals surface area contributed by atoms with Crippen LogP contribution in [0, 0.1) is 5.82 Å². The number of hydrogen-bond acceptors (Lipinski definition) is 4. The average Bonchev–Trinajstić information content (AvgIpc) is 2.36. The Hall–Kier alpha value is -2.57. The molecule has 0 aliphatic carbocycles. The molecule has 0 atom stereocenters. The zero-order valence-electron chi connectivity index (χ0n) is 10.3. The van der Waals surface area contributed by atoms with Crippen molar-refractivity contribution >= 4 is 5.69 Å². The number of aromatic amines is 1. The first-order valence-electron chi connectivity index (χ1n) is 5.43. The Morgan fingerprint density at radius 3 is 2.63 bits per heavy atom. The Morgan fingerprint density at radius 2 is 2.00 bits per heavy atom. The van der Waals surface area contributed by atoms with Gasteiger partial charge in [0.1, 0.15) is 0 Å². The second-order valence-corrected chi connectivity index (χ2v) is 4.15. The molecule has 0 unspecified atom stereocenters. The predicted molar refractivity (Wildman–Crippen MR) is 68.6 cm³/mol. The molecule has 7 heteroatoms. The lowest BCUT2D eigenvalue weighted by Crippen LogP contribution is -2.31. The number of H-pyrrole nitrogens is 1. The van der Waals surface area contributed by atoms with Crippen LogP contribution in [0.2, 0.25) is 0 Å². The molecule has 2 N–H and O–H groups in total. The van der Waals surface area contributed by atoms with E-state index in [9.17, 15) is 19.1 Å². The minimum atomic E-state index is -1.39. The summed E-state index contributed by atoms with van der Waals surface area (Å²) < 4.78 is 14.1. The molecule has 100 valence electrons. The van der Waals surface area contributed by atoms with Gasteiger partial charge in [-0.1, -0.05) is 6.07 Å². The molecule has 0 aliphatic heterocycles. The Morgan fingerprint density at radius 1 is 1.32 bits per heavy atom. The Bertz CT molecular complexity index is 734. The van der Waals surface area contributed by atoms with E-state index in [2.05, 4.69) is 0 Å². The second kappa shape index (κ2) is 4.60. The van der Waals surface area contributed by atoms with E-state index in [1.54, 1.807) is 42.2 Å². The van der Waals surface area contributed by atoms with Gasteiger partial charge in [-0.3, -0.25) is 9.78 Å². The van der Waals surface area contributed by atoms with Crippen LogP contribution in [0.3, 0.4) is 0 Å². The first kappa shape index (κ1) is 12.9. The van der Waals surface area contributed by atoms with E-state index in [1.807, 2.05) is 0 Å². The molecule has 19 heavy (non-hydrogen) atoms. The molecule has 1 aromatic heterocycles. The largest absolute Gasteiger partial charge is 0.492 e. The smallest absolute Gasteiger partial charge is 0.335 e. The van der Waals surface area contributed by atoms with E-state index >= 15 is 0 Å². The molecule has 2 aromatic rings. The van der Waals surface area contributed by atoms with E-state index < -0.39 is 22.9 Å². The molecule has 0 radical (unpaired) electrons. The standard InChI is InChI=1S/C12H12FN3O3/c1-15(2)7-4-3-5-8(6-7)16-11(18)9(13)10(17)14-12(16)19/h3-6,18H,1-2H3,(H,14,17,19). The number of halogens is 1. The third-order valence-corrected chi connectivity index (χ3v) is 2.64. The lowest BCUT2D eigenvalue weighted by molar-refractivity contribution is 0.386. The summed E-state index contributed by atoms with van der Waals surface area (Å²) in [4.78, 5) is 26.3. The monoisotopic (exact) mass is 265 g/mol. The summed E-state index contributed by atoms with van der Waals surface area (Å²) in [6.07, 6.45) is 0. The van der Waals surface area contributed by atoms with Crippen molar-refractivity contribution in [2.24, 2.45) is 0 Å². The Labute approximate surface area is 107 Å². The highest BCUT2D eigenvalue weighted by Crippen LogP contribution is 2.19. The van der Waals surface area contributed by atoms with E-state index in [-0.39, 0.29) is 5.69 Å². The SMILES string of the molecule is CN(C)c1cccc(-n2c(O)c(F)c(=O)[nH]c2=O)c1. The minimum Gasteiger partial charge on any atom is -0.492 e. The van der Waals surface area contributed by atoms with Crippen molar-refractivity contribution in [3.8, 4) is 11.6 Å². The zero-order valence-corrected chi connectivity index (χ0v) is 10.3. The van der Waals surface area contributed by atoms with Gasteiger partial charge >= 0.3 is 5.69 Å². The van der Waals surface area contributed by atoms with Gasteiger partial charge in [0.05, 0.1) is 5.69 Å². The summed E-state index contributed by atoms with van der Waals surface area (Å²) in [5.74, 6) is -2.40. The Kier molecular flexibility index (Phi) is 3.12. The van der Waals surface area contributed by atoms with Crippen molar-refractivity contribution in [1.29, 1.82) is 0 Å². The highest BCUT2D eigenvalue weighted by Gasteiger charge is 2.15.